The topological polar surface area (TPSA) is 139 Å². The number of halogens is 3. The number of rotatable bonds is 8. The highest BCUT2D eigenvalue weighted by Crippen LogP contribution is 2.34. The molecule has 0 saturated carbocycles. The Morgan fingerprint density at radius 3 is 2.43 bits per heavy atom. The van der Waals surface area contributed by atoms with E-state index in [1.165, 1.54) is 24.3 Å². The molecule has 0 aromatic heterocycles. The first-order valence-corrected chi connectivity index (χ1v) is 9.82. The number of phenolic OH excluding ortho intramolecular Hbond substituents is 1. The zero-order valence-corrected chi connectivity index (χ0v) is 16.0. The lowest BCUT2D eigenvalue weighted by atomic mass is 10.2. The van der Waals surface area contributed by atoms with Crippen LogP contribution in [-0.4, -0.2) is 43.0 Å². The Bertz CT molecular complexity index is 1060. The van der Waals surface area contributed by atoms with Gasteiger partial charge >= 0.3 is 5.51 Å². The fraction of sp³-hybridized carbons (Fsp3) is 0.235. The molecule has 0 fully saturated rings. The quantitative estimate of drug-likeness (QED) is 0.321. The highest BCUT2D eigenvalue weighted by atomic mass is 32.2. The second-order valence-electron chi connectivity index (χ2n) is 5.97. The first-order valence-electron chi connectivity index (χ1n) is 8.34. The van der Waals surface area contributed by atoms with E-state index in [1.807, 2.05) is 0 Å². The van der Waals surface area contributed by atoms with Gasteiger partial charge in [-0.1, -0.05) is 6.07 Å². The van der Waals surface area contributed by atoms with Crippen molar-refractivity contribution in [1.82, 2.24) is 5.32 Å². The van der Waals surface area contributed by atoms with Crippen LogP contribution in [0.3, 0.4) is 0 Å². The Morgan fingerprint density at radius 2 is 1.83 bits per heavy atom. The van der Waals surface area contributed by atoms with Gasteiger partial charge < -0.3 is 15.7 Å². The summed E-state index contributed by atoms with van der Waals surface area (Å²) in [6, 6.07) is 7.51. The fourth-order valence-electron chi connectivity index (χ4n) is 2.38. The number of nitro groups is 1. The van der Waals surface area contributed by atoms with E-state index >= 15 is 0 Å². The van der Waals surface area contributed by atoms with Crippen molar-refractivity contribution in [3.05, 3.63) is 58.1 Å². The van der Waals surface area contributed by atoms with Crippen molar-refractivity contribution in [3.63, 3.8) is 0 Å². The maximum absolute atomic E-state index is 12.6. The van der Waals surface area contributed by atoms with Gasteiger partial charge in [0.25, 0.3) is 21.4 Å². The molecular formula is C17H16F3N3O6S. The van der Waals surface area contributed by atoms with Crippen molar-refractivity contribution >= 4 is 27.1 Å². The van der Waals surface area contributed by atoms with Crippen molar-refractivity contribution in [1.29, 1.82) is 0 Å². The van der Waals surface area contributed by atoms with Crippen LogP contribution in [0.1, 0.15) is 16.8 Å². The predicted molar refractivity (Wildman–Crippen MR) is 99.9 cm³/mol. The summed E-state index contributed by atoms with van der Waals surface area (Å²) in [5.74, 6) is -0.522. The van der Waals surface area contributed by atoms with E-state index in [0.29, 0.717) is 18.6 Å². The van der Waals surface area contributed by atoms with Crippen LogP contribution in [0.5, 0.6) is 5.75 Å². The average molecular weight is 447 g/mol. The number of amides is 1. The molecule has 0 atom stereocenters. The summed E-state index contributed by atoms with van der Waals surface area (Å²) in [4.78, 5) is 20.8. The third kappa shape index (κ3) is 5.37. The molecule has 0 radical (unpaired) electrons. The molecule has 3 N–H and O–H groups in total. The summed E-state index contributed by atoms with van der Waals surface area (Å²) in [6.45, 7) is 0.266. The van der Waals surface area contributed by atoms with E-state index < -0.39 is 36.8 Å². The second-order valence-corrected chi connectivity index (χ2v) is 7.91. The molecule has 1 amide bonds. The summed E-state index contributed by atoms with van der Waals surface area (Å²) in [6.07, 6.45) is 0.296. The molecule has 2 rings (SSSR count). The van der Waals surface area contributed by atoms with Gasteiger partial charge in [-0.2, -0.15) is 13.2 Å². The fourth-order valence-corrected chi connectivity index (χ4v) is 3.16. The Hall–Kier alpha value is -3.35. The van der Waals surface area contributed by atoms with Crippen LogP contribution in [0.4, 0.5) is 24.5 Å². The number of nitrogens with one attached hydrogen (secondary N) is 2. The van der Waals surface area contributed by atoms with Gasteiger partial charge in [-0.05, 0) is 36.8 Å². The number of nitrogens with zero attached hydrogens (tertiary/aromatic N) is 1. The highest BCUT2D eigenvalue weighted by molar-refractivity contribution is 7.92. The third-order valence-corrected chi connectivity index (χ3v) is 5.33. The minimum Gasteiger partial charge on any atom is -0.508 e. The molecule has 0 bridgehead atoms. The third-order valence-electron chi connectivity index (χ3n) is 3.84. The van der Waals surface area contributed by atoms with Crippen molar-refractivity contribution in [3.8, 4) is 5.75 Å². The SMILES string of the molecule is O=C(NCCCNc1ccc(S(=O)(=O)C(F)(F)F)cc1[N+](=O)[O-])c1cccc(O)c1. The number of aromatic hydroxyl groups is 1. The summed E-state index contributed by atoms with van der Waals surface area (Å²) in [5, 5.41) is 25.7. The number of anilines is 1. The lowest BCUT2D eigenvalue weighted by Crippen LogP contribution is -2.25. The second kappa shape index (κ2) is 8.98. The van der Waals surface area contributed by atoms with Gasteiger partial charge in [-0.15, -0.1) is 0 Å². The highest BCUT2D eigenvalue weighted by Gasteiger charge is 2.47. The van der Waals surface area contributed by atoms with E-state index in [4.69, 9.17) is 0 Å². The number of carbonyl (C=O) groups is 1. The van der Waals surface area contributed by atoms with Gasteiger partial charge in [0.2, 0.25) is 0 Å². The van der Waals surface area contributed by atoms with Gasteiger partial charge in [0.15, 0.2) is 0 Å². The minimum absolute atomic E-state index is 0.0763. The van der Waals surface area contributed by atoms with Crippen molar-refractivity contribution < 1.29 is 36.4 Å². The summed E-state index contributed by atoms with van der Waals surface area (Å²) >= 11 is 0. The van der Waals surface area contributed by atoms with Crippen LogP contribution in [-0.2, 0) is 9.84 Å². The maximum Gasteiger partial charge on any atom is 0.501 e. The van der Waals surface area contributed by atoms with Crippen molar-refractivity contribution in [2.45, 2.75) is 16.8 Å². The zero-order chi connectivity index (χ0) is 22.5. The van der Waals surface area contributed by atoms with Crippen LogP contribution >= 0.6 is 0 Å². The Kier molecular flexibility index (Phi) is 6.87. The molecule has 0 aliphatic rings. The van der Waals surface area contributed by atoms with Crippen LogP contribution in [0.2, 0.25) is 0 Å². The van der Waals surface area contributed by atoms with Crippen molar-refractivity contribution in [2.75, 3.05) is 18.4 Å². The first-order chi connectivity index (χ1) is 13.9. The van der Waals surface area contributed by atoms with Crippen molar-refractivity contribution in [2.24, 2.45) is 0 Å². The van der Waals surface area contributed by atoms with Gasteiger partial charge in [-0.3, -0.25) is 14.9 Å². The summed E-state index contributed by atoms with van der Waals surface area (Å²) in [5.41, 5.74) is -6.34. The number of phenols is 1. The van der Waals surface area contributed by atoms with E-state index in [2.05, 4.69) is 10.6 Å². The molecule has 0 spiro atoms. The molecule has 0 aliphatic carbocycles. The van der Waals surface area contributed by atoms with Gasteiger partial charge in [0.1, 0.15) is 11.4 Å². The molecule has 2 aromatic rings. The number of hydrogen-bond donors (Lipinski definition) is 3. The first kappa shape index (κ1) is 22.9. The number of hydrogen-bond acceptors (Lipinski definition) is 7. The monoisotopic (exact) mass is 447 g/mol. The number of sulfone groups is 1. The van der Waals surface area contributed by atoms with E-state index in [9.17, 15) is 41.6 Å². The maximum atomic E-state index is 12.6. The summed E-state index contributed by atoms with van der Waals surface area (Å²) < 4.78 is 60.7. The van der Waals surface area contributed by atoms with Gasteiger partial charge in [-0.25, -0.2) is 8.42 Å². The molecular weight excluding hydrogens is 431 g/mol. The normalized spacial score (nSPS) is 11.7. The van der Waals surface area contributed by atoms with Gasteiger partial charge in [0.05, 0.1) is 9.82 Å². The summed E-state index contributed by atoms with van der Waals surface area (Å²) in [7, 11) is -5.71. The molecule has 9 nitrogen and oxygen atoms in total. The zero-order valence-electron chi connectivity index (χ0n) is 15.1. The average Bonchev–Trinajstić information content (AvgIpc) is 2.66. The van der Waals surface area contributed by atoms with E-state index in [0.717, 1.165) is 6.07 Å². The smallest absolute Gasteiger partial charge is 0.501 e. The standard InChI is InChI=1S/C17H16F3N3O6S/c18-17(19,20)30(28,29)13-5-6-14(15(10-13)23(26)27)21-7-2-8-22-16(25)11-3-1-4-12(24)9-11/h1,3-6,9-10,21,24H,2,7-8H2,(H,22,25). The molecule has 0 saturated heterocycles. The molecule has 0 aliphatic heterocycles. The van der Waals surface area contributed by atoms with Crippen LogP contribution in [0.25, 0.3) is 0 Å². The lowest BCUT2D eigenvalue weighted by molar-refractivity contribution is -0.384. The van der Waals surface area contributed by atoms with Crippen LogP contribution < -0.4 is 10.6 Å². The number of benzene rings is 2. The number of nitro benzene ring substituents is 1. The Morgan fingerprint density at radius 1 is 1.13 bits per heavy atom. The van der Waals surface area contributed by atoms with E-state index in [-0.39, 0.29) is 30.1 Å². The molecule has 162 valence electrons. The molecule has 0 unspecified atom stereocenters. The molecule has 2 aromatic carbocycles. The van der Waals surface area contributed by atoms with Crippen LogP contribution in [0, 0.1) is 10.1 Å². The minimum atomic E-state index is -5.71. The number of alkyl halides is 3. The Labute approximate surface area is 168 Å². The Balaban J connectivity index is 1.98. The lowest BCUT2D eigenvalue weighted by Gasteiger charge is -2.11. The molecule has 0 heterocycles. The van der Waals surface area contributed by atoms with E-state index in [1.54, 1.807) is 0 Å². The number of carbonyl (C=O) groups excluding carboxylic acids is 1. The molecule has 30 heavy (non-hydrogen) atoms. The van der Waals surface area contributed by atoms with Crippen LogP contribution in [0.15, 0.2) is 47.4 Å². The largest absolute Gasteiger partial charge is 0.508 e. The predicted octanol–water partition coefficient (Wildman–Crippen LogP) is 2.83. The van der Waals surface area contributed by atoms with Gasteiger partial charge in [0, 0.05) is 24.7 Å². The molecule has 13 heteroatoms.